The number of alkyl halides is 3. The van der Waals surface area contributed by atoms with E-state index in [0.29, 0.717) is 6.42 Å². The average Bonchev–Trinajstić information content (AvgIpc) is 2.34. The molecule has 0 aliphatic heterocycles. The van der Waals surface area contributed by atoms with Gasteiger partial charge in [0.1, 0.15) is 0 Å². The van der Waals surface area contributed by atoms with E-state index in [0.717, 1.165) is 25.7 Å². The summed E-state index contributed by atoms with van der Waals surface area (Å²) < 4.78 is 35.6. The molecule has 0 N–H and O–H groups in total. The zero-order valence-corrected chi connectivity index (χ0v) is 12.3. The molecule has 0 saturated carbocycles. The van der Waals surface area contributed by atoms with Gasteiger partial charge in [-0.3, -0.25) is 0 Å². The van der Waals surface area contributed by atoms with Crippen LogP contribution < -0.4 is 0 Å². The summed E-state index contributed by atoms with van der Waals surface area (Å²) in [4.78, 5) is 0. The van der Waals surface area contributed by atoms with Gasteiger partial charge >= 0.3 is 6.18 Å². The summed E-state index contributed by atoms with van der Waals surface area (Å²) in [6.07, 6.45) is 11.4. The van der Waals surface area contributed by atoms with E-state index in [2.05, 4.69) is 19.1 Å². The van der Waals surface area contributed by atoms with Gasteiger partial charge in [-0.2, -0.15) is 13.2 Å². The third kappa shape index (κ3) is 17.5. The van der Waals surface area contributed by atoms with Gasteiger partial charge in [0.05, 0.1) is 0 Å². The van der Waals surface area contributed by atoms with Crippen molar-refractivity contribution in [3.05, 3.63) is 12.2 Å². The summed E-state index contributed by atoms with van der Waals surface area (Å²) in [7, 11) is 0. The number of halogens is 3. The minimum Gasteiger partial charge on any atom is -0.171 e. The quantitative estimate of drug-likeness (QED) is 0.272. The summed E-state index contributed by atoms with van der Waals surface area (Å²) in [5.74, 6) is 0. The number of allylic oxidation sites excluding steroid dienone is 2. The molecule has 0 nitrogen and oxygen atoms in total. The Morgan fingerprint density at radius 1 is 0.684 bits per heavy atom. The van der Waals surface area contributed by atoms with E-state index in [1.807, 2.05) is 0 Å². The SMILES string of the molecule is CCCCCCC=CCCCCCCCC(F)(F)F. The molecule has 114 valence electrons. The van der Waals surface area contributed by atoms with Crippen LogP contribution in [0.4, 0.5) is 13.2 Å². The van der Waals surface area contributed by atoms with Gasteiger partial charge in [0.2, 0.25) is 0 Å². The molecule has 0 spiro atoms. The lowest BCUT2D eigenvalue weighted by atomic mass is 10.1. The molecule has 0 aliphatic carbocycles. The van der Waals surface area contributed by atoms with Crippen molar-refractivity contribution in [2.75, 3.05) is 0 Å². The highest BCUT2D eigenvalue weighted by molar-refractivity contribution is 4.81. The highest BCUT2D eigenvalue weighted by Crippen LogP contribution is 2.23. The van der Waals surface area contributed by atoms with Gasteiger partial charge in [-0.1, -0.05) is 57.6 Å². The van der Waals surface area contributed by atoms with Crippen LogP contribution in [0.5, 0.6) is 0 Å². The Bertz CT molecular complexity index is 207. The normalized spacial score (nSPS) is 12.4. The fraction of sp³-hybridized carbons (Fsp3) is 0.875. The van der Waals surface area contributed by atoms with E-state index >= 15 is 0 Å². The zero-order valence-electron chi connectivity index (χ0n) is 12.3. The van der Waals surface area contributed by atoms with Crippen LogP contribution in [0.25, 0.3) is 0 Å². The first-order valence-corrected chi connectivity index (χ1v) is 7.78. The molecule has 0 aliphatic rings. The van der Waals surface area contributed by atoms with Gasteiger partial charge in [-0.15, -0.1) is 0 Å². The minimum atomic E-state index is -3.97. The molecule has 0 fully saturated rings. The molecular weight excluding hydrogens is 249 g/mol. The highest BCUT2D eigenvalue weighted by atomic mass is 19.4. The van der Waals surface area contributed by atoms with Crippen LogP contribution in [-0.4, -0.2) is 6.18 Å². The maximum absolute atomic E-state index is 11.9. The molecule has 19 heavy (non-hydrogen) atoms. The molecule has 0 aromatic rings. The van der Waals surface area contributed by atoms with Crippen molar-refractivity contribution in [2.45, 2.75) is 90.1 Å². The molecule has 0 aromatic heterocycles. The van der Waals surface area contributed by atoms with Crippen molar-refractivity contribution in [1.29, 1.82) is 0 Å². The molecule has 0 rings (SSSR count). The van der Waals surface area contributed by atoms with Crippen molar-refractivity contribution in [3.63, 3.8) is 0 Å². The summed E-state index contributed by atoms with van der Waals surface area (Å²) in [6, 6.07) is 0. The second-order valence-corrected chi connectivity index (χ2v) is 5.24. The topological polar surface area (TPSA) is 0 Å². The lowest BCUT2D eigenvalue weighted by Gasteiger charge is -2.05. The van der Waals surface area contributed by atoms with Crippen molar-refractivity contribution < 1.29 is 13.2 Å². The van der Waals surface area contributed by atoms with Crippen molar-refractivity contribution in [1.82, 2.24) is 0 Å². The molecular formula is C16H29F3. The Hall–Kier alpha value is -0.470. The number of unbranched alkanes of at least 4 members (excludes halogenated alkanes) is 9. The molecule has 0 bridgehead atoms. The molecule has 0 aromatic carbocycles. The van der Waals surface area contributed by atoms with E-state index in [1.165, 1.54) is 32.1 Å². The summed E-state index contributed by atoms with van der Waals surface area (Å²) in [5.41, 5.74) is 0. The maximum atomic E-state index is 11.9. The lowest BCUT2D eigenvalue weighted by molar-refractivity contribution is -0.135. The van der Waals surface area contributed by atoms with E-state index < -0.39 is 12.6 Å². The van der Waals surface area contributed by atoms with Crippen molar-refractivity contribution in [2.24, 2.45) is 0 Å². The minimum absolute atomic E-state index is 0.288. The summed E-state index contributed by atoms with van der Waals surface area (Å²) in [5, 5.41) is 0. The monoisotopic (exact) mass is 278 g/mol. The Morgan fingerprint density at radius 3 is 1.68 bits per heavy atom. The van der Waals surface area contributed by atoms with Crippen LogP contribution >= 0.6 is 0 Å². The van der Waals surface area contributed by atoms with Crippen LogP contribution in [0.3, 0.4) is 0 Å². The Morgan fingerprint density at radius 2 is 1.16 bits per heavy atom. The molecule has 0 amide bonds. The first-order chi connectivity index (χ1) is 9.06. The van der Waals surface area contributed by atoms with Gasteiger partial charge in [-0.05, 0) is 32.1 Å². The predicted molar refractivity (Wildman–Crippen MR) is 76.3 cm³/mol. The number of hydrogen-bond acceptors (Lipinski definition) is 0. The van der Waals surface area contributed by atoms with E-state index in [1.54, 1.807) is 0 Å². The van der Waals surface area contributed by atoms with Crippen molar-refractivity contribution in [3.8, 4) is 0 Å². The lowest BCUT2D eigenvalue weighted by Crippen LogP contribution is -2.06. The van der Waals surface area contributed by atoms with Gasteiger partial charge in [-0.25, -0.2) is 0 Å². The molecule has 3 heteroatoms. The number of rotatable bonds is 12. The third-order valence-corrected chi connectivity index (χ3v) is 3.22. The largest absolute Gasteiger partial charge is 0.389 e. The van der Waals surface area contributed by atoms with Crippen molar-refractivity contribution >= 4 is 0 Å². The van der Waals surface area contributed by atoms with E-state index in [9.17, 15) is 13.2 Å². The van der Waals surface area contributed by atoms with Gasteiger partial charge in [0.25, 0.3) is 0 Å². The molecule has 0 unspecified atom stereocenters. The molecule has 0 radical (unpaired) electrons. The van der Waals surface area contributed by atoms with Crippen LogP contribution in [0.2, 0.25) is 0 Å². The molecule has 0 atom stereocenters. The van der Waals surface area contributed by atoms with Crippen LogP contribution in [-0.2, 0) is 0 Å². The highest BCUT2D eigenvalue weighted by Gasteiger charge is 2.25. The third-order valence-electron chi connectivity index (χ3n) is 3.22. The average molecular weight is 278 g/mol. The maximum Gasteiger partial charge on any atom is 0.389 e. The zero-order chi connectivity index (χ0) is 14.4. The van der Waals surface area contributed by atoms with Crippen LogP contribution in [0, 0.1) is 0 Å². The Labute approximate surface area is 116 Å². The summed E-state index contributed by atoms with van der Waals surface area (Å²) in [6.45, 7) is 2.21. The van der Waals surface area contributed by atoms with Gasteiger partial charge in [0.15, 0.2) is 0 Å². The van der Waals surface area contributed by atoms with E-state index in [4.69, 9.17) is 0 Å². The second-order valence-electron chi connectivity index (χ2n) is 5.24. The van der Waals surface area contributed by atoms with Crippen LogP contribution in [0.15, 0.2) is 12.2 Å². The second kappa shape index (κ2) is 12.6. The fourth-order valence-electron chi connectivity index (χ4n) is 2.04. The van der Waals surface area contributed by atoms with Crippen LogP contribution in [0.1, 0.15) is 84.0 Å². The first kappa shape index (κ1) is 18.5. The number of hydrogen-bond donors (Lipinski definition) is 0. The Balaban J connectivity index is 3.12. The molecule has 0 saturated heterocycles. The standard InChI is InChI=1S/C16H29F3/c1-2-3-4-5-6-7-8-9-10-11-12-13-14-15-16(17,18)19/h7-8H,2-6,9-15H2,1H3. The van der Waals surface area contributed by atoms with Gasteiger partial charge < -0.3 is 0 Å². The predicted octanol–water partition coefficient (Wildman–Crippen LogP) is 6.81. The fourth-order valence-corrected chi connectivity index (χ4v) is 2.04. The smallest absolute Gasteiger partial charge is 0.171 e. The Kier molecular flexibility index (Phi) is 12.2. The van der Waals surface area contributed by atoms with E-state index in [-0.39, 0.29) is 6.42 Å². The first-order valence-electron chi connectivity index (χ1n) is 7.78. The van der Waals surface area contributed by atoms with Gasteiger partial charge in [0, 0.05) is 6.42 Å². The molecule has 0 heterocycles. The summed E-state index contributed by atoms with van der Waals surface area (Å²) >= 11 is 0.